The maximum Gasteiger partial charge on any atom is 3.00 e. The first-order valence-corrected chi connectivity index (χ1v) is 4.24. The van der Waals surface area contributed by atoms with Crippen molar-refractivity contribution in [3.63, 3.8) is 0 Å². The molecule has 0 aromatic heterocycles. The molecule has 0 fully saturated rings. The van der Waals surface area contributed by atoms with Gasteiger partial charge in [-0.25, -0.2) is 0 Å². The third-order valence-corrected chi connectivity index (χ3v) is 0. The third-order valence-electron chi connectivity index (χ3n) is 0. The maximum absolute atomic E-state index is 8.46. The Hall–Kier alpha value is 1.74. The fourth-order valence-corrected chi connectivity index (χ4v) is 0. The van der Waals surface area contributed by atoms with Crippen LogP contribution in [-0.4, -0.2) is 46.5 Å². The van der Waals surface area contributed by atoms with E-state index < -0.39 is 46.5 Å². The average Bonchev–Trinajstić information content (AvgIpc) is 1.70. The summed E-state index contributed by atoms with van der Waals surface area (Å²) in [5.74, 6) is 0. The van der Waals surface area contributed by atoms with Crippen molar-refractivity contribution in [2.45, 2.75) is 0 Å². The van der Waals surface area contributed by atoms with Gasteiger partial charge in [0, 0.05) is 0 Å². The van der Waals surface area contributed by atoms with Crippen LogP contribution in [0.3, 0.4) is 0 Å². The van der Waals surface area contributed by atoms with E-state index in [4.69, 9.17) is 23.9 Å². The molecule has 0 atom stereocenters. The van der Waals surface area contributed by atoms with Crippen LogP contribution in [0.4, 0.5) is 0 Å². The summed E-state index contributed by atoms with van der Waals surface area (Å²) in [6, 6.07) is 0. The molecule has 0 saturated heterocycles. The van der Waals surface area contributed by atoms with Crippen LogP contribution >= 0.6 is 0 Å². The first-order chi connectivity index (χ1) is 4.24. The summed E-state index contributed by atoms with van der Waals surface area (Å²) < 4.78 is 50.8. The SMILES string of the molecule is [O]=[Al][O-].[O]=[Al][O-].[O]=[Al][O-].[Pm+3]. The van der Waals surface area contributed by atoms with E-state index >= 15 is 0 Å². The van der Waals surface area contributed by atoms with Gasteiger partial charge >= 0.3 is 111 Å². The Morgan fingerprint density at radius 3 is 0.700 bits per heavy atom. The monoisotopic (exact) mass is 322 g/mol. The molecule has 0 aliphatic rings. The van der Waals surface area contributed by atoms with Gasteiger partial charge in [-0.15, -0.1) is 0 Å². The number of hydrogen-bond acceptors (Lipinski definition) is 6. The summed E-state index contributed by atoms with van der Waals surface area (Å²) >= 11 is -5.25. The van der Waals surface area contributed by atoms with Crippen molar-refractivity contribution in [3.8, 4) is 0 Å². The zero-order valence-corrected chi connectivity index (χ0v) is 11.0. The normalized spacial score (nSPS) is 2.40. The molecule has 10 heavy (non-hydrogen) atoms. The molecule has 0 unspecified atom stereocenters. The molecule has 0 radical (unpaired) electrons. The molecule has 0 aromatic carbocycles. The number of hydrogen-bond donors (Lipinski definition) is 0. The molecule has 10 heteroatoms. The van der Waals surface area contributed by atoms with Crippen molar-refractivity contribution in [3.05, 3.63) is 0 Å². The van der Waals surface area contributed by atoms with Crippen LogP contribution in [0.2, 0.25) is 0 Å². The Kier molecular flexibility index (Phi) is 103. The van der Waals surface area contributed by atoms with Crippen molar-refractivity contribution in [2.24, 2.45) is 0 Å². The average molecular weight is 322 g/mol. The molecule has 0 N–H and O–H groups in total. The third kappa shape index (κ3) is 247. The van der Waals surface area contributed by atoms with Crippen LogP contribution in [0.5, 0.6) is 0 Å². The molecule has 0 aliphatic carbocycles. The van der Waals surface area contributed by atoms with Crippen molar-refractivity contribution in [2.75, 3.05) is 0 Å². The van der Waals surface area contributed by atoms with Gasteiger partial charge in [-0.05, 0) is 0 Å². The van der Waals surface area contributed by atoms with Crippen LogP contribution in [0.15, 0.2) is 0 Å². The van der Waals surface area contributed by atoms with Gasteiger partial charge in [-0.3, -0.25) is 0 Å². The van der Waals surface area contributed by atoms with Crippen molar-refractivity contribution >= 4 is 46.5 Å². The standard InChI is InChI=1S/3Al.6O.Pm/q;;;;;;3*-1;+3. The van der Waals surface area contributed by atoms with E-state index in [9.17, 15) is 0 Å². The fourth-order valence-electron chi connectivity index (χ4n) is 0. The van der Waals surface area contributed by atoms with Gasteiger partial charge in [0.25, 0.3) is 0 Å². The summed E-state index contributed by atoms with van der Waals surface area (Å²) in [6.07, 6.45) is 0. The molecule has 0 spiro atoms. The van der Waals surface area contributed by atoms with Crippen molar-refractivity contribution in [1.82, 2.24) is 0 Å². The molecule has 0 amide bonds. The minimum atomic E-state index is -1.75. The van der Waals surface area contributed by atoms with Gasteiger partial charge in [0.1, 0.15) is 0 Å². The smallest absolute Gasteiger partial charge is 3.00 e. The molecule has 50 valence electrons. The second-order valence-electron chi connectivity index (χ2n) is 0.289. The Morgan fingerprint density at radius 1 is 0.700 bits per heavy atom. The van der Waals surface area contributed by atoms with Gasteiger partial charge in [0.2, 0.25) is 0 Å². The Balaban J connectivity index is -0.0000000257. The van der Waals surface area contributed by atoms with E-state index in [-0.39, 0.29) is 40.4 Å². The second-order valence-corrected chi connectivity index (χ2v) is 0.866. The van der Waals surface area contributed by atoms with Gasteiger partial charge in [-0.2, -0.15) is 0 Å². The van der Waals surface area contributed by atoms with Crippen LogP contribution in [0, 0.1) is 40.4 Å². The maximum atomic E-state index is 8.46. The van der Waals surface area contributed by atoms with E-state index in [0.29, 0.717) is 0 Å². The van der Waals surface area contributed by atoms with Gasteiger partial charge in [0.05, 0.1) is 0 Å². The molecule has 6 nitrogen and oxygen atoms in total. The first-order valence-electron chi connectivity index (χ1n) is 1.41. The fraction of sp³-hybridized carbons (Fsp3) is 0. The largest absolute Gasteiger partial charge is 3.00 e. The van der Waals surface area contributed by atoms with E-state index in [2.05, 4.69) is 0 Å². The molecule has 0 heterocycles. The Labute approximate surface area is 109 Å². The van der Waals surface area contributed by atoms with Crippen LogP contribution in [0.25, 0.3) is 0 Å². The van der Waals surface area contributed by atoms with Crippen LogP contribution in [-0.2, 0) is 11.4 Å². The van der Waals surface area contributed by atoms with E-state index in [0.717, 1.165) is 0 Å². The summed E-state index contributed by atoms with van der Waals surface area (Å²) in [5.41, 5.74) is 0. The summed E-state index contributed by atoms with van der Waals surface area (Å²) in [5, 5.41) is 0. The summed E-state index contributed by atoms with van der Waals surface area (Å²) in [4.78, 5) is 0. The zero-order valence-electron chi connectivity index (χ0n) is 4.63. The topological polar surface area (TPSA) is 120 Å². The minimum Gasteiger partial charge on any atom is 3.00 e. The Morgan fingerprint density at radius 2 is 0.700 bits per heavy atom. The number of rotatable bonds is 0. The molecular weight excluding hydrogens is 322 g/mol. The molecule has 0 aromatic rings. The van der Waals surface area contributed by atoms with E-state index in [1.54, 1.807) is 0 Å². The van der Waals surface area contributed by atoms with Gasteiger partial charge < -0.3 is 0 Å². The molecule has 0 rings (SSSR count). The minimum absolute atomic E-state index is 0. The predicted octanol–water partition coefficient (Wildman–Crippen LogP) is -5.07. The van der Waals surface area contributed by atoms with Crippen molar-refractivity contribution in [1.29, 1.82) is 0 Å². The van der Waals surface area contributed by atoms with Crippen molar-refractivity contribution < 1.29 is 64.3 Å². The second kappa shape index (κ2) is 45.4. The van der Waals surface area contributed by atoms with Gasteiger partial charge in [-0.1, -0.05) is 0 Å². The summed E-state index contributed by atoms with van der Waals surface area (Å²) in [6.45, 7) is 0. The molecule has 0 bridgehead atoms. The summed E-state index contributed by atoms with van der Waals surface area (Å²) in [7, 11) is 0. The van der Waals surface area contributed by atoms with Crippen LogP contribution < -0.4 is 12.5 Å². The first kappa shape index (κ1) is 22.6. The van der Waals surface area contributed by atoms with E-state index in [1.165, 1.54) is 0 Å². The van der Waals surface area contributed by atoms with Crippen LogP contribution in [0.1, 0.15) is 0 Å². The molecule has 0 aliphatic heterocycles. The predicted molar refractivity (Wildman–Crippen MR) is 19.3 cm³/mol. The molecular formula is Al3O6Pm. The van der Waals surface area contributed by atoms with Gasteiger partial charge in [0.15, 0.2) is 0 Å². The quantitative estimate of drug-likeness (QED) is 0.412. The molecule has 0 saturated carbocycles. The van der Waals surface area contributed by atoms with E-state index in [1.807, 2.05) is 0 Å². The Bertz CT molecular complexity index is 49.7. The zero-order chi connectivity index (χ0) is 8.12.